The highest BCUT2D eigenvalue weighted by Gasteiger charge is 2.47. The maximum atomic E-state index is 12.3. The molecule has 2 aliphatic heterocycles. The van der Waals surface area contributed by atoms with Crippen LogP contribution in [0.3, 0.4) is 0 Å². The smallest absolute Gasteiger partial charge is 0.317 e. The lowest BCUT2D eigenvalue weighted by Crippen LogP contribution is -2.53. The van der Waals surface area contributed by atoms with E-state index in [0.717, 1.165) is 19.5 Å². The van der Waals surface area contributed by atoms with Crippen LogP contribution in [-0.4, -0.2) is 79.4 Å². The first-order valence-electron chi connectivity index (χ1n) is 6.98. The van der Waals surface area contributed by atoms with Crippen molar-refractivity contribution in [1.82, 2.24) is 15.1 Å². The van der Waals surface area contributed by atoms with Crippen LogP contribution in [0.5, 0.6) is 0 Å². The van der Waals surface area contributed by atoms with Gasteiger partial charge in [-0.3, -0.25) is 4.79 Å². The minimum absolute atomic E-state index is 0.135. The van der Waals surface area contributed by atoms with Crippen LogP contribution in [-0.2, 0) is 9.53 Å². The molecular formula is C13H23N3O4. The van der Waals surface area contributed by atoms with E-state index in [1.165, 1.54) is 0 Å². The molecule has 2 heterocycles. The summed E-state index contributed by atoms with van der Waals surface area (Å²) in [7, 11) is 2.04. The van der Waals surface area contributed by atoms with Crippen molar-refractivity contribution in [2.45, 2.75) is 19.4 Å². The van der Waals surface area contributed by atoms with E-state index in [1.807, 2.05) is 7.05 Å². The number of hydrogen-bond donors (Lipinski definition) is 2. The largest absolute Gasteiger partial charge is 0.481 e. The van der Waals surface area contributed by atoms with Crippen molar-refractivity contribution in [2.24, 2.45) is 5.41 Å². The van der Waals surface area contributed by atoms with Crippen LogP contribution in [0.25, 0.3) is 0 Å². The summed E-state index contributed by atoms with van der Waals surface area (Å²) in [5, 5.41) is 12.1. The number of rotatable bonds is 2. The molecule has 2 aliphatic rings. The zero-order chi connectivity index (χ0) is 14.8. The molecule has 7 heteroatoms. The van der Waals surface area contributed by atoms with Gasteiger partial charge in [0.25, 0.3) is 0 Å². The number of aliphatic carboxylic acids is 1. The third-order valence-corrected chi connectivity index (χ3v) is 4.25. The van der Waals surface area contributed by atoms with Crippen LogP contribution in [0.2, 0.25) is 0 Å². The number of urea groups is 1. The SMILES string of the molecule is CN1CCCN(C(=O)NC2COCC2(C)C(=O)O)CC1. The Labute approximate surface area is 118 Å². The van der Waals surface area contributed by atoms with Crippen molar-refractivity contribution in [3.05, 3.63) is 0 Å². The second-order valence-corrected chi connectivity index (χ2v) is 5.88. The summed E-state index contributed by atoms with van der Waals surface area (Å²) in [5.74, 6) is -0.934. The van der Waals surface area contributed by atoms with Crippen molar-refractivity contribution in [1.29, 1.82) is 0 Å². The third kappa shape index (κ3) is 3.04. The van der Waals surface area contributed by atoms with E-state index < -0.39 is 17.4 Å². The molecule has 0 aromatic rings. The monoisotopic (exact) mass is 285 g/mol. The van der Waals surface area contributed by atoms with Gasteiger partial charge < -0.3 is 25.0 Å². The van der Waals surface area contributed by atoms with Gasteiger partial charge in [-0.2, -0.15) is 0 Å². The maximum absolute atomic E-state index is 12.3. The maximum Gasteiger partial charge on any atom is 0.317 e. The first-order valence-corrected chi connectivity index (χ1v) is 6.98. The number of amides is 2. The van der Waals surface area contributed by atoms with E-state index >= 15 is 0 Å². The number of likely N-dealkylation sites (N-methyl/N-ethyl adjacent to an activating group) is 1. The Balaban J connectivity index is 1.95. The first kappa shape index (κ1) is 15.1. The fourth-order valence-electron chi connectivity index (χ4n) is 2.57. The molecule has 0 bridgehead atoms. The van der Waals surface area contributed by atoms with Gasteiger partial charge in [0.2, 0.25) is 0 Å². The molecular weight excluding hydrogens is 262 g/mol. The molecule has 0 spiro atoms. The van der Waals surface area contributed by atoms with E-state index in [-0.39, 0.29) is 19.2 Å². The molecule has 7 nitrogen and oxygen atoms in total. The Hall–Kier alpha value is -1.34. The fraction of sp³-hybridized carbons (Fsp3) is 0.846. The Morgan fingerprint density at radius 2 is 2.05 bits per heavy atom. The molecule has 2 saturated heterocycles. The molecule has 0 aromatic carbocycles. The second-order valence-electron chi connectivity index (χ2n) is 5.88. The van der Waals surface area contributed by atoms with Crippen molar-refractivity contribution in [3.8, 4) is 0 Å². The zero-order valence-electron chi connectivity index (χ0n) is 12.1. The lowest BCUT2D eigenvalue weighted by molar-refractivity contribution is -0.148. The van der Waals surface area contributed by atoms with Crippen LogP contribution < -0.4 is 5.32 Å². The van der Waals surface area contributed by atoms with Gasteiger partial charge >= 0.3 is 12.0 Å². The summed E-state index contributed by atoms with van der Waals surface area (Å²) in [6, 6.07) is -0.670. The van der Waals surface area contributed by atoms with Gasteiger partial charge in [-0.25, -0.2) is 4.79 Å². The lowest BCUT2D eigenvalue weighted by Gasteiger charge is -2.29. The molecule has 2 unspecified atom stereocenters. The van der Waals surface area contributed by atoms with Crippen molar-refractivity contribution < 1.29 is 19.4 Å². The molecule has 2 fully saturated rings. The normalized spacial score (nSPS) is 31.9. The van der Waals surface area contributed by atoms with Gasteiger partial charge in [-0.1, -0.05) is 0 Å². The predicted molar refractivity (Wildman–Crippen MR) is 72.6 cm³/mol. The quantitative estimate of drug-likeness (QED) is 0.736. The Morgan fingerprint density at radius 1 is 1.30 bits per heavy atom. The van der Waals surface area contributed by atoms with E-state index in [1.54, 1.807) is 11.8 Å². The first-order chi connectivity index (χ1) is 9.43. The van der Waals surface area contributed by atoms with Crippen LogP contribution in [0.15, 0.2) is 0 Å². The summed E-state index contributed by atoms with van der Waals surface area (Å²) >= 11 is 0. The minimum Gasteiger partial charge on any atom is -0.481 e. The zero-order valence-corrected chi connectivity index (χ0v) is 12.1. The summed E-state index contributed by atoms with van der Waals surface area (Å²) in [5.41, 5.74) is -1.04. The number of carbonyl (C=O) groups is 2. The van der Waals surface area contributed by atoms with Crippen molar-refractivity contribution in [3.63, 3.8) is 0 Å². The van der Waals surface area contributed by atoms with Gasteiger partial charge in [0.05, 0.1) is 19.3 Å². The van der Waals surface area contributed by atoms with Crippen LogP contribution in [0.1, 0.15) is 13.3 Å². The van der Waals surface area contributed by atoms with E-state index in [4.69, 9.17) is 4.74 Å². The average Bonchev–Trinajstić information content (AvgIpc) is 2.63. The molecule has 20 heavy (non-hydrogen) atoms. The minimum atomic E-state index is -1.04. The molecule has 2 amide bonds. The number of carboxylic acid groups (broad SMARTS) is 1. The van der Waals surface area contributed by atoms with Crippen LogP contribution in [0, 0.1) is 5.41 Å². The third-order valence-electron chi connectivity index (χ3n) is 4.25. The van der Waals surface area contributed by atoms with Gasteiger partial charge in [-0.15, -0.1) is 0 Å². The summed E-state index contributed by atoms with van der Waals surface area (Å²) in [4.78, 5) is 27.6. The number of ether oxygens (including phenoxy) is 1. The number of hydrogen-bond acceptors (Lipinski definition) is 4. The lowest BCUT2D eigenvalue weighted by atomic mass is 9.85. The highest BCUT2D eigenvalue weighted by molar-refractivity contribution is 5.79. The average molecular weight is 285 g/mol. The number of carboxylic acids is 1. The molecule has 0 aromatic heterocycles. The number of nitrogens with one attached hydrogen (secondary N) is 1. The second kappa shape index (κ2) is 5.97. The summed E-state index contributed by atoms with van der Waals surface area (Å²) < 4.78 is 5.24. The molecule has 114 valence electrons. The van der Waals surface area contributed by atoms with Crippen LogP contribution >= 0.6 is 0 Å². The summed E-state index contributed by atoms with van der Waals surface area (Å²) in [6.07, 6.45) is 0.932. The number of carbonyl (C=O) groups excluding carboxylic acids is 1. The predicted octanol–water partition coefficient (Wildman–Crippen LogP) is -0.177. The molecule has 0 saturated carbocycles. The Morgan fingerprint density at radius 3 is 2.75 bits per heavy atom. The molecule has 2 atom stereocenters. The standard InChI is InChI=1S/C13H23N3O4/c1-13(11(17)18)9-20-8-10(13)14-12(19)16-5-3-4-15(2)6-7-16/h10H,3-9H2,1-2H3,(H,14,19)(H,17,18). The van der Waals surface area contributed by atoms with Gasteiger partial charge in [-0.05, 0) is 26.9 Å². The molecule has 0 aliphatic carbocycles. The fourth-order valence-corrected chi connectivity index (χ4v) is 2.57. The van der Waals surface area contributed by atoms with Gasteiger partial charge in [0, 0.05) is 19.6 Å². The Bertz CT molecular complexity index is 390. The van der Waals surface area contributed by atoms with Crippen molar-refractivity contribution >= 4 is 12.0 Å². The van der Waals surface area contributed by atoms with E-state index in [0.29, 0.717) is 13.1 Å². The Kier molecular flexibility index (Phi) is 4.49. The summed E-state index contributed by atoms with van der Waals surface area (Å²) in [6.45, 7) is 5.18. The highest BCUT2D eigenvalue weighted by Crippen LogP contribution is 2.28. The van der Waals surface area contributed by atoms with Crippen LogP contribution in [0.4, 0.5) is 4.79 Å². The highest BCUT2D eigenvalue weighted by atomic mass is 16.5. The topological polar surface area (TPSA) is 82.1 Å². The van der Waals surface area contributed by atoms with Gasteiger partial charge in [0.1, 0.15) is 5.41 Å². The van der Waals surface area contributed by atoms with E-state index in [2.05, 4.69) is 10.2 Å². The molecule has 2 rings (SSSR count). The van der Waals surface area contributed by atoms with E-state index in [9.17, 15) is 14.7 Å². The number of nitrogens with zero attached hydrogens (tertiary/aromatic N) is 2. The molecule has 2 N–H and O–H groups in total. The van der Waals surface area contributed by atoms with Crippen molar-refractivity contribution in [2.75, 3.05) is 46.4 Å². The molecule has 0 radical (unpaired) electrons. The van der Waals surface area contributed by atoms with Gasteiger partial charge in [0.15, 0.2) is 0 Å².